The number of alkyl carbamates (subject to hydrolysis) is 1. The molecular formula is C17H21N3O4. The smallest absolute Gasteiger partial charge is 0.408 e. The number of carbonyl (C=O) groups is 2. The van der Waals surface area contributed by atoms with Crippen LogP contribution in [0.3, 0.4) is 0 Å². The molecule has 7 nitrogen and oxygen atoms in total. The van der Waals surface area contributed by atoms with E-state index in [4.69, 9.17) is 4.74 Å². The van der Waals surface area contributed by atoms with Crippen molar-refractivity contribution in [1.29, 1.82) is 0 Å². The highest BCUT2D eigenvalue weighted by Gasteiger charge is 2.25. The van der Waals surface area contributed by atoms with Gasteiger partial charge in [0, 0.05) is 6.42 Å². The van der Waals surface area contributed by atoms with Crippen LogP contribution in [0.5, 0.6) is 0 Å². The third-order valence-electron chi connectivity index (χ3n) is 3.10. The normalized spacial score (nSPS) is 12.5. The van der Waals surface area contributed by atoms with Gasteiger partial charge in [0.05, 0.1) is 11.9 Å². The Balaban J connectivity index is 2.05. The number of imidazole rings is 1. The van der Waals surface area contributed by atoms with Crippen LogP contribution in [0.1, 0.15) is 26.6 Å². The first kappa shape index (κ1) is 17.5. The highest BCUT2D eigenvalue weighted by molar-refractivity contribution is 5.80. The first-order valence-electron chi connectivity index (χ1n) is 7.56. The summed E-state index contributed by atoms with van der Waals surface area (Å²) in [5.74, 6) is -0.684. The minimum atomic E-state index is -1.15. The maximum Gasteiger partial charge on any atom is 0.408 e. The second-order valence-corrected chi connectivity index (χ2v) is 6.35. The zero-order chi connectivity index (χ0) is 17.7. The summed E-state index contributed by atoms with van der Waals surface area (Å²) < 4.78 is 5.09. The summed E-state index contributed by atoms with van der Waals surface area (Å²) in [4.78, 5) is 30.4. The summed E-state index contributed by atoms with van der Waals surface area (Å²) in [5.41, 5.74) is 1.04. The molecule has 1 aromatic carbocycles. The molecule has 0 aliphatic carbocycles. The molecule has 2 rings (SSSR count). The van der Waals surface area contributed by atoms with Gasteiger partial charge in [0.15, 0.2) is 0 Å². The first-order chi connectivity index (χ1) is 11.2. The molecule has 0 aliphatic heterocycles. The number of carboxylic acid groups (broad SMARTS) is 1. The van der Waals surface area contributed by atoms with Gasteiger partial charge in [-0.2, -0.15) is 0 Å². The number of aromatic nitrogens is 2. The number of aromatic amines is 1. The Morgan fingerprint density at radius 3 is 2.54 bits per heavy atom. The average molecular weight is 331 g/mol. The van der Waals surface area contributed by atoms with Gasteiger partial charge in [0.25, 0.3) is 0 Å². The summed E-state index contributed by atoms with van der Waals surface area (Å²) in [6.07, 6.45) is 0.892. The fourth-order valence-corrected chi connectivity index (χ4v) is 2.07. The van der Waals surface area contributed by atoms with E-state index in [1.54, 1.807) is 27.0 Å². The lowest BCUT2D eigenvalue weighted by Crippen LogP contribution is -2.44. The number of hydrogen-bond donors (Lipinski definition) is 3. The molecule has 7 heteroatoms. The molecule has 24 heavy (non-hydrogen) atoms. The lowest BCUT2D eigenvalue weighted by atomic mass is 10.2. The van der Waals surface area contributed by atoms with Crippen LogP contribution < -0.4 is 5.32 Å². The minimum absolute atomic E-state index is 0.0292. The van der Waals surface area contributed by atoms with Gasteiger partial charge in [-0.25, -0.2) is 14.6 Å². The van der Waals surface area contributed by atoms with Crippen LogP contribution >= 0.6 is 0 Å². The van der Waals surface area contributed by atoms with E-state index in [1.165, 1.54) is 0 Å². The van der Waals surface area contributed by atoms with Crippen molar-refractivity contribution in [2.75, 3.05) is 0 Å². The molecule has 3 N–H and O–H groups in total. The first-order valence-corrected chi connectivity index (χ1v) is 7.56. The van der Waals surface area contributed by atoms with Crippen LogP contribution in [0, 0.1) is 0 Å². The summed E-state index contributed by atoms with van der Waals surface area (Å²) >= 11 is 0. The number of aliphatic carboxylic acids is 1. The zero-order valence-corrected chi connectivity index (χ0v) is 13.9. The van der Waals surface area contributed by atoms with Crippen LogP contribution in [0.2, 0.25) is 0 Å². The maximum atomic E-state index is 11.8. The summed E-state index contributed by atoms with van der Waals surface area (Å²) in [7, 11) is 0. The minimum Gasteiger partial charge on any atom is -0.480 e. The quantitative estimate of drug-likeness (QED) is 0.781. The van der Waals surface area contributed by atoms with Gasteiger partial charge in [-0.3, -0.25) is 0 Å². The Morgan fingerprint density at radius 1 is 1.29 bits per heavy atom. The van der Waals surface area contributed by atoms with Crippen LogP contribution in [0.4, 0.5) is 4.79 Å². The van der Waals surface area contributed by atoms with E-state index >= 15 is 0 Å². The molecule has 0 saturated carbocycles. The number of nitrogens with one attached hydrogen (secondary N) is 2. The second-order valence-electron chi connectivity index (χ2n) is 6.35. The van der Waals surface area contributed by atoms with Gasteiger partial charge in [-0.1, -0.05) is 30.3 Å². The summed E-state index contributed by atoms with van der Waals surface area (Å²) in [6, 6.07) is 8.43. The third-order valence-corrected chi connectivity index (χ3v) is 3.10. The molecule has 1 amide bonds. The van der Waals surface area contributed by atoms with Crippen LogP contribution in [-0.2, 0) is 16.0 Å². The van der Waals surface area contributed by atoms with Crippen molar-refractivity contribution >= 4 is 12.1 Å². The summed E-state index contributed by atoms with van der Waals surface area (Å²) in [5, 5.41) is 11.6. The largest absolute Gasteiger partial charge is 0.480 e. The second kappa shape index (κ2) is 7.16. The van der Waals surface area contributed by atoms with Gasteiger partial charge in [0.2, 0.25) is 0 Å². The van der Waals surface area contributed by atoms with Crippen molar-refractivity contribution in [2.24, 2.45) is 0 Å². The molecule has 1 aromatic heterocycles. The van der Waals surface area contributed by atoms with E-state index in [0.717, 1.165) is 11.3 Å². The molecule has 128 valence electrons. The molecule has 0 bridgehead atoms. The number of amides is 1. The molecule has 1 unspecified atom stereocenters. The molecule has 1 atom stereocenters. The average Bonchev–Trinajstić information content (AvgIpc) is 2.94. The van der Waals surface area contributed by atoms with Crippen LogP contribution in [-0.4, -0.2) is 38.8 Å². The van der Waals surface area contributed by atoms with Crippen molar-refractivity contribution in [3.8, 4) is 11.3 Å². The Kier molecular flexibility index (Phi) is 5.23. The van der Waals surface area contributed by atoms with Gasteiger partial charge >= 0.3 is 12.1 Å². The van der Waals surface area contributed by atoms with E-state index in [9.17, 15) is 14.7 Å². The predicted octanol–water partition coefficient (Wildman–Crippen LogP) is 2.60. The van der Waals surface area contributed by atoms with E-state index in [0.29, 0.717) is 5.82 Å². The Labute approximate surface area is 140 Å². The van der Waals surface area contributed by atoms with E-state index in [2.05, 4.69) is 15.3 Å². The van der Waals surface area contributed by atoms with Crippen molar-refractivity contribution < 1.29 is 19.4 Å². The summed E-state index contributed by atoms with van der Waals surface area (Å²) in [6.45, 7) is 5.13. The molecule has 0 aliphatic rings. The SMILES string of the molecule is CC(C)(C)OC(=O)NC(Cc1ncc(-c2ccccc2)[nH]1)C(=O)O. The number of ether oxygens (including phenoxy) is 1. The van der Waals surface area contributed by atoms with Gasteiger partial charge in [-0.05, 0) is 26.3 Å². The lowest BCUT2D eigenvalue weighted by Gasteiger charge is -2.21. The number of hydrogen-bond acceptors (Lipinski definition) is 4. The molecule has 0 saturated heterocycles. The maximum absolute atomic E-state index is 11.8. The zero-order valence-electron chi connectivity index (χ0n) is 13.9. The van der Waals surface area contributed by atoms with Crippen LogP contribution in [0.25, 0.3) is 11.3 Å². The fourth-order valence-electron chi connectivity index (χ4n) is 2.07. The molecular weight excluding hydrogens is 310 g/mol. The van der Waals surface area contributed by atoms with Crippen molar-refractivity contribution in [3.05, 3.63) is 42.4 Å². The van der Waals surface area contributed by atoms with Gasteiger partial charge in [-0.15, -0.1) is 0 Å². The molecule has 1 heterocycles. The fraction of sp³-hybridized carbons (Fsp3) is 0.353. The van der Waals surface area contributed by atoms with Gasteiger partial charge < -0.3 is 20.1 Å². The van der Waals surface area contributed by atoms with E-state index < -0.39 is 23.7 Å². The number of carboxylic acids is 1. The highest BCUT2D eigenvalue weighted by Crippen LogP contribution is 2.16. The number of H-pyrrole nitrogens is 1. The lowest BCUT2D eigenvalue weighted by molar-refractivity contribution is -0.139. The number of carbonyl (C=O) groups excluding carboxylic acids is 1. The predicted molar refractivity (Wildman–Crippen MR) is 88.5 cm³/mol. The van der Waals surface area contributed by atoms with Crippen molar-refractivity contribution in [2.45, 2.75) is 38.8 Å². The van der Waals surface area contributed by atoms with Crippen molar-refractivity contribution in [3.63, 3.8) is 0 Å². The van der Waals surface area contributed by atoms with Gasteiger partial charge in [0.1, 0.15) is 17.5 Å². The highest BCUT2D eigenvalue weighted by atomic mass is 16.6. The van der Waals surface area contributed by atoms with E-state index in [1.807, 2.05) is 30.3 Å². The Bertz CT molecular complexity index is 704. The Morgan fingerprint density at radius 2 is 1.96 bits per heavy atom. The standard InChI is InChI=1S/C17H21N3O4/c1-17(2,3)24-16(23)20-12(15(21)22)9-14-18-10-13(19-14)11-7-5-4-6-8-11/h4-8,10,12H,9H2,1-3H3,(H,18,19)(H,20,23)(H,21,22). The molecule has 0 spiro atoms. The number of benzene rings is 1. The monoisotopic (exact) mass is 331 g/mol. The van der Waals surface area contributed by atoms with Crippen LogP contribution in [0.15, 0.2) is 36.5 Å². The number of nitrogens with zero attached hydrogens (tertiary/aromatic N) is 1. The molecule has 2 aromatic rings. The topological polar surface area (TPSA) is 104 Å². The number of rotatable bonds is 5. The molecule has 0 radical (unpaired) electrons. The molecule has 0 fully saturated rings. The van der Waals surface area contributed by atoms with Crippen molar-refractivity contribution in [1.82, 2.24) is 15.3 Å². The third kappa shape index (κ3) is 5.12. The Hall–Kier alpha value is -2.83. The van der Waals surface area contributed by atoms with E-state index in [-0.39, 0.29) is 6.42 Å².